The van der Waals surface area contributed by atoms with Gasteiger partial charge in [-0.05, 0) is 31.0 Å². The SMILES string of the molecule is COCCCSc1ccc(C)cc1C#N. The van der Waals surface area contributed by atoms with Gasteiger partial charge in [0.1, 0.15) is 6.07 Å². The summed E-state index contributed by atoms with van der Waals surface area (Å²) < 4.78 is 4.98. The number of nitrogens with zero attached hydrogens (tertiary/aromatic N) is 1. The molecule has 1 aromatic carbocycles. The number of hydrogen-bond acceptors (Lipinski definition) is 3. The van der Waals surface area contributed by atoms with Gasteiger partial charge in [-0.15, -0.1) is 11.8 Å². The number of methoxy groups -OCH3 is 1. The van der Waals surface area contributed by atoms with Crippen LogP contribution >= 0.6 is 11.8 Å². The molecule has 0 saturated carbocycles. The molecule has 0 fully saturated rings. The van der Waals surface area contributed by atoms with Crippen LogP contribution in [0.2, 0.25) is 0 Å². The minimum Gasteiger partial charge on any atom is -0.385 e. The summed E-state index contributed by atoms with van der Waals surface area (Å²) in [4.78, 5) is 1.07. The van der Waals surface area contributed by atoms with Crippen molar-refractivity contribution in [2.45, 2.75) is 18.2 Å². The van der Waals surface area contributed by atoms with Gasteiger partial charge in [-0.1, -0.05) is 6.07 Å². The van der Waals surface area contributed by atoms with E-state index < -0.39 is 0 Å². The molecule has 0 bridgehead atoms. The zero-order chi connectivity index (χ0) is 11.1. The van der Waals surface area contributed by atoms with Gasteiger partial charge >= 0.3 is 0 Å². The highest BCUT2D eigenvalue weighted by atomic mass is 32.2. The van der Waals surface area contributed by atoms with Gasteiger partial charge in [-0.2, -0.15) is 5.26 Å². The lowest BCUT2D eigenvalue weighted by Gasteiger charge is -2.04. The van der Waals surface area contributed by atoms with Crippen LogP contribution in [-0.2, 0) is 4.74 Å². The van der Waals surface area contributed by atoms with Gasteiger partial charge in [0.2, 0.25) is 0 Å². The molecule has 1 rings (SSSR count). The van der Waals surface area contributed by atoms with Gasteiger partial charge in [-0.25, -0.2) is 0 Å². The van der Waals surface area contributed by atoms with Crippen LogP contribution in [0.4, 0.5) is 0 Å². The highest BCUT2D eigenvalue weighted by Crippen LogP contribution is 2.23. The summed E-state index contributed by atoms with van der Waals surface area (Å²) in [6.07, 6.45) is 1.01. The molecule has 0 aromatic heterocycles. The molecule has 0 saturated heterocycles. The molecule has 3 heteroatoms. The van der Waals surface area contributed by atoms with Crippen molar-refractivity contribution in [3.63, 3.8) is 0 Å². The van der Waals surface area contributed by atoms with Crippen molar-refractivity contribution in [1.29, 1.82) is 5.26 Å². The highest BCUT2D eigenvalue weighted by Gasteiger charge is 2.02. The quantitative estimate of drug-likeness (QED) is 0.566. The Balaban J connectivity index is 2.57. The second-order valence-electron chi connectivity index (χ2n) is 3.31. The lowest BCUT2D eigenvalue weighted by molar-refractivity contribution is 0.200. The van der Waals surface area contributed by atoms with E-state index in [0.717, 1.165) is 34.8 Å². The van der Waals surface area contributed by atoms with Crippen molar-refractivity contribution < 1.29 is 4.74 Å². The maximum atomic E-state index is 8.96. The number of benzene rings is 1. The van der Waals surface area contributed by atoms with Gasteiger partial charge in [0.15, 0.2) is 0 Å². The van der Waals surface area contributed by atoms with Crippen LogP contribution in [0.5, 0.6) is 0 Å². The van der Waals surface area contributed by atoms with E-state index in [-0.39, 0.29) is 0 Å². The molecule has 0 amide bonds. The fourth-order valence-corrected chi connectivity index (χ4v) is 2.15. The fraction of sp³-hybridized carbons (Fsp3) is 0.417. The van der Waals surface area contributed by atoms with Crippen molar-refractivity contribution in [2.24, 2.45) is 0 Å². The number of thioether (sulfide) groups is 1. The Kier molecular flexibility index (Phi) is 5.23. The van der Waals surface area contributed by atoms with Gasteiger partial charge in [0.25, 0.3) is 0 Å². The molecule has 15 heavy (non-hydrogen) atoms. The van der Waals surface area contributed by atoms with Crippen LogP contribution in [-0.4, -0.2) is 19.5 Å². The van der Waals surface area contributed by atoms with E-state index in [0.29, 0.717) is 0 Å². The Morgan fingerprint density at radius 2 is 2.27 bits per heavy atom. The molecule has 0 atom stereocenters. The average molecular weight is 221 g/mol. The van der Waals surface area contributed by atoms with E-state index in [1.54, 1.807) is 18.9 Å². The number of ether oxygens (including phenoxy) is 1. The molecule has 0 radical (unpaired) electrons. The Morgan fingerprint density at radius 3 is 2.93 bits per heavy atom. The smallest absolute Gasteiger partial charge is 0.100 e. The number of aryl methyl sites for hydroxylation is 1. The number of hydrogen-bond donors (Lipinski definition) is 0. The van der Waals surface area contributed by atoms with Crippen LogP contribution in [0.1, 0.15) is 17.5 Å². The van der Waals surface area contributed by atoms with Gasteiger partial charge < -0.3 is 4.74 Å². The summed E-state index contributed by atoms with van der Waals surface area (Å²) in [5.74, 6) is 0.992. The third kappa shape index (κ3) is 3.94. The van der Waals surface area contributed by atoms with Crippen molar-refractivity contribution in [3.8, 4) is 6.07 Å². The molecule has 1 aromatic rings. The topological polar surface area (TPSA) is 33.0 Å². The molecular weight excluding hydrogens is 206 g/mol. The van der Waals surface area contributed by atoms with E-state index >= 15 is 0 Å². The third-order valence-corrected chi connectivity index (χ3v) is 3.17. The summed E-state index contributed by atoms with van der Waals surface area (Å²) in [6.45, 7) is 2.78. The van der Waals surface area contributed by atoms with Gasteiger partial charge in [0.05, 0.1) is 5.56 Å². The molecule has 80 valence electrons. The summed E-state index contributed by atoms with van der Waals surface area (Å²) in [6, 6.07) is 8.21. The highest BCUT2D eigenvalue weighted by molar-refractivity contribution is 7.99. The van der Waals surface area contributed by atoms with Crippen LogP contribution in [0.25, 0.3) is 0 Å². The second kappa shape index (κ2) is 6.49. The molecule has 0 aliphatic carbocycles. The first-order chi connectivity index (χ1) is 7.27. The molecule has 0 spiro atoms. The van der Waals surface area contributed by atoms with E-state index in [4.69, 9.17) is 10.00 Å². The maximum Gasteiger partial charge on any atom is 0.100 e. The minimum atomic E-state index is 0.775. The van der Waals surface area contributed by atoms with Crippen molar-refractivity contribution in [3.05, 3.63) is 29.3 Å². The molecule has 0 aliphatic rings. The fourth-order valence-electron chi connectivity index (χ4n) is 1.24. The lowest BCUT2D eigenvalue weighted by Crippen LogP contribution is -1.91. The van der Waals surface area contributed by atoms with Crippen molar-refractivity contribution in [1.82, 2.24) is 0 Å². The average Bonchev–Trinajstić information content (AvgIpc) is 2.26. The van der Waals surface area contributed by atoms with E-state index in [1.807, 2.05) is 25.1 Å². The standard InChI is InChI=1S/C12H15NOS/c1-10-4-5-12(11(8-10)9-13)15-7-3-6-14-2/h4-5,8H,3,6-7H2,1-2H3. The molecule has 0 N–H and O–H groups in total. The van der Waals surface area contributed by atoms with Crippen LogP contribution in [0, 0.1) is 18.3 Å². The molecular formula is C12H15NOS. The van der Waals surface area contributed by atoms with E-state index in [1.165, 1.54) is 0 Å². The number of rotatable bonds is 5. The second-order valence-corrected chi connectivity index (χ2v) is 4.44. The van der Waals surface area contributed by atoms with Crippen molar-refractivity contribution in [2.75, 3.05) is 19.5 Å². The summed E-state index contributed by atoms with van der Waals surface area (Å²) in [5, 5.41) is 8.96. The molecule has 0 aliphatic heterocycles. The Hall–Kier alpha value is -0.980. The molecule has 2 nitrogen and oxygen atoms in total. The van der Waals surface area contributed by atoms with Crippen LogP contribution in [0.15, 0.2) is 23.1 Å². The summed E-state index contributed by atoms with van der Waals surface area (Å²) in [7, 11) is 1.71. The van der Waals surface area contributed by atoms with Crippen LogP contribution < -0.4 is 0 Å². The summed E-state index contributed by atoms with van der Waals surface area (Å²) >= 11 is 1.72. The van der Waals surface area contributed by atoms with Crippen molar-refractivity contribution >= 4 is 11.8 Å². The monoisotopic (exact) mass is 221 g/mol. The van der Waals surface area contributed by atoms with Gasteiger partial charge in [0, 0.05) is 24.4 Å². The first kappa shape index (κ1) is 12.1. The first-order valence-corrected chi connectivity index (χ1v) is 5.89. The van der Waals surface area contributed by atoms with Crippen LogP contribution in [0.3, 0.4) is 0 Å². The molecule has 0 heterocycles. The largest absolute Gasteiger partial charge is 0.385 e. The van der Waals surface area contributed by atoms with E-state index in [2.05, 4.69) is 6.07 Å². The number of nitriles is 1. The lowest BCUT2D eigenvalue weighted by atomic mass is 10.2. The zero-order valence-electron chi connectivity index (χ0n) is 9.12. The zero-order valence-corrected chi connectivity index (χ0v) is 9.93. The molecule has 0 unspecified atom stereocenters. The first-order valence-electron chi connectivity index (χ1n) is 4.90. The predicted molar refractivity (Wildman–Crippen MR) is 63.1 cm³/mol. The Labute approximate surface area is 95.3 Å². The third-order valence-electron chi connectivity index (χ3n) is 2.01. The normalized spacial score (nSPS) is 9.93. The van der Waals surface area contributed by atoms with E-state index in [9.17, 15) is 0 Å². The van der Waals surface area contributed by atoms with Gasteiger partial charge in [-0.3, -0.25) is 0 Å². The Bertz CT molecular complexity index is 357. The predicted octanol–water partition coefficient (Wildman–Crippen LogP) is 3.00. The minimum absolute atomic E-state index is 0.775. The maximum absolute atomic E-state index is 8.96. The summed E-state index contributed by atoms with van der Waals surface area (Å²) in [5.41, 5.74) is 1.91. The Morgan fingerprint density at radius 1 is 1.47 bits per heavy atom.